The number of phenolic OH excluding ortho intramolecular Hbond substituents is 1. The summed E-state index contributed by atoms with van der Waals surface area (Å²) in [6, 6.07) is 20.3. The van der Waals surface area contributed by atoms with Crippen molar-refractivity contribution < 1.29 is 19.4 Å². The van der Waals surface area contributed by atoms with E-state index in [1.807, 2.05) is 42.5 Å². The molecule has 0 atom stereocenters. The molecular weight excluding hydrogens is 472 g/mol. The number of para-hydroxylation sites is 1. The minimum Gasteiger partial charge on any atom is -0.508 e. The summed E-state index contributed by atoms with van der Waals surface area (Å²) in [4.78, 5) is 16.7. The Morgan fingerprint density at radius 1 is 1.00 bits per heavy atom. The highest BCUT2D eigenvalue weighted by Gasteiger charge is 2.19. The van der Waals surface area contributed by atoms with E-state index in [1.54, 1.807) is 24.3 Å². The quantitative estimate of drug-likeness (QED) is 0.481. The molecular formula is C25H25BrN2O4. The van der Waals surface area contributed by atoms with Gasteiger partial charge in [0.25, 0.3) is 0 Å². The monoisotopic (exact) mass is 496 g/mol. The second-order valence-electron chi connectivity index (χ2n) is 7.62. The molecule has 166 valence electrons. The molecule has 3 aromatic carbocycles. The number of hydrogen-bond acceptors (Lipinski definition) is 6. The first kappa shape index (κ1) is 22.2. The summed E-state index contributed by atoms with van der Waals surface area (Å²) < 4.78 is 11.8. The third-order valence-electron chi connectivity index (χ3n) is 5.52. The first-order valence-corrected chi connectivity index (χ1v) is 11.2. The molecule has 0 aromatic heterocycles. The number of phenols is 1. The molecule has 0 spiro atoms. The van der Waals surface area contributed by atoms with Gasteiger partial charge in [0.1, 0.15) is 22.8 Å². The Balaban J connectivity index is 1.35. The zero-order valence-electron chi connectivity index (χ0n) is 17.8. The predicted molar refractivity (Wildman–Crippen MR) is 128 cm³/mol. The van der Waals surface area contributed by atoms with Crippen LogP contribution in [0.1, 0.15) is 15.9 Å². The summed E-state index contributed by atoms with van der Waals surface area (Å²) in [5.41, 5.74) is 2.62. The second kappa shape index (κ2) is 10.1. The Hall–Kier alpha value is -3.03. The molecule has 0 aliphatic carbocycles. The summed E-state index contributed by atoms with van der Waals surface area (Å²) >= 11 is 3.57. The molecule has 1 saturated heterocycles. The Morgan fingerprint density at radius 3 is 2.44 bits per heavy atom. The minimum atomic E-state index is -0.423. The van der Waals surface area contributed by atoms with Crippen LogP contribution in [0.15, 0.2) is 71.2 Å². The van der Waals surface area contributed by atoms with Gasteiger partial charge in [0.05, 0.1) is 7.11 Å². The number of anilines is 1. The molecule has 0 saturated carbocycles. The highest BCUT2D eigenvalue weighted by molar-refractivity contribution is 9.10. The van der Waals surface area contributed by atoms with Crippen molar-refractivity contribution in [3.63, 3.8) is 0 Å². The smallest absolute Gasteiger partial charge is 0.341 e. The Labute approximate surface area is 196 Å². The van der Waals surface area contributed by atoms with Crippen LogP contribution in [0.25, 0.3) is 0 Å². The molecule has 0 radical (unpaired) electrons. The van der Waals surface area contributed by atoms with E-state index in [0.717, 1.165) is 48.4 Å². The lowest BCUT2D eigenvalue weighted by Gasteiger charge is -2.36. The van der Waals surface area contributed by atoms with E-state index in [9.17, 15) is 9.90 Å². The molecule has 0 bridgehead atoms. The van der Waals surface area contributed by atoms with Crippen LogP contribution in [0.4, 0.5) is 5.69 Å². The highest BCUT2D eigenvalue weighted by Crippen LogP contribution is 2.29. The zero-order chi connectivity index (χ0) is 22.5. The Kier molecular flexibility index (Phi) is 6.97. The highest BCUT2D eigenvalue weighted by atomic mass is 79.9. The van der Waals surface area contributed by atoms with Crippen molar-refractivity contribution in [2.75, 3.05) is 38.2 Å². The number of nitrogens with zero attached hydrogens (tertiary/aromatic N) is 2. The van der Waals surface area contributed by atoms with Crippen molar-refractivity contribution in [1.82, 2.24) is 4.90 Å². The fraction of sp³-hybridized carbons (Fsp3) is 0.240. The van der Waals surface area contributed by atoms with Gasteiger partial charge >= 0.3 is 5.97 Å². The number of aromatic hydroxyl groups is 1. The maximum Gasteiger partial charge on any atom is 0.341 e. The average Bonchev–Trinajstić information content (AvgIpc) is 2.82. The number of hydrogen-bond donors (Lipinski definition) is 1. The lowest BCUT2D eigenvalue weighted by Crippen LogP contribution is -2.46. The van der Waals surface area contributed by atoms with Gasteiger partial charge < -0.3 is 19.5 Å². The van der Waals surface area contributed by atoms with Gasteiger partial charge in [-0.15, -0.1) is 0 Å². The number of benzene rings is 3. The largest absolute Gasteiger partial charge is 0.508 e. The lowest BCUT2D eigenvalue weighted by molar-refractivity contribution is 0.0598. The Bertz CT molecular complexity index is 1080. The van der Waals surface area contributed by atoms with Gasteiger partial charge in [-0.1, -0.05) is 28.1 Å². The van der Waals surface area contributed by atoms with E-state index >= 15 is 0 Å². The van der Waals surface area contributed by atoms with Gasteiger partial charge in [0, 0.05) is 42.9 Å². The molecule has 1 fully saturated rings. The third-order valence-corrected chi connectivity index (χ3v) is 6.29. The van der Waals surface area contributed by atoms with Crippen LogP contribution >= 0.6 is 15.9 Å². The number of carbonyl (C=O) groups excluding carboxylic acids is 1. The molecule has 3 aromatic rings. The van der Waals surface area contributed by atoms with Crippen molar-refractivity contribution in [2.45, 2.75) is 6.54 Å². The molecule has 1 aliphatic heterocycles. The molecule has 6 nitrogen and oxygen atoms in total. The van der Waals surface area contributed by atoms with Gasteiger partial charge in [-0.05, 0) is 60.2 Å². The summed E-state index contributed by atoms with van der Waals surface area (Å²) in [6.07, 6.45) is 0. The number of esters is 1. The van der Waals surface area contributed by atoms with Crippen molar-refractivity contribution in [1.29, 1.82) is 0 Å². The number of methoxy groups -OCH3 is 1. The summed E-state index contributed by atoms with van der Waals surface area (Å²) in [5.74, 6) is 1.00. The summed E-state index contributed by atoms with van der Waals surface area (Å²) in [7, 11) is 1.36. The van der Waals surface area contributed by atoms with Crippen LogP contribution < -0.4 is 9.64 Å². The van der Waals surface area contributed by atoms with E-state index in [1.165, 1.54) is 7.11 Å². The van der Waals surface area contributed by atoms with Crippen molar-refractivity contribution in [3.05, 3.63) is 82.3 Å². The molecule has 0 amide bonds. The van der Waals surface area contributed by atoms with Crippen LogP contribution in [-0.4, -0.2) is 49.3 Å². The van der Waals surface area contributed by atoms with Gasteiger partial charge in [-0.2, -0.15) is 0 Å². The van der Waals surface area contributed by atoms with Crippen LogP contribution in [0.2, 0.25) is 0 Å². The van der Waals surface area contributed by atoms with Gasteiger partial charge in [-0.3, -0.25) is 4.90 Å². The molecule has 0 unspecified atom stereocenters. The third kappa shape index (κ3) is 5.23. The van der Waals surface area contributed by atoms with Gasteiger partial charge in [0.15, 0.2) is 0 Å². The number of halogens is 1. The normalized spacial score (nSPS) is 14.2. The lowest BCUT2D eigenvalue weighted by atomic mass is 10.1. The fourth-order valence-corrected chi connectivity index (χ4v) is 4.15. The van der Waals surface area contributed by atoms with E-state index in [4.69, 9.17) is 9.47 Å². The maximum atomic E-state index is 11.9. The first-order chi connectivity index (χ1) is 15.5. The van der Waals surface area contributed by atoms with Crippen LogP contribution in [0, 0.1) is 0 Å². The van der Waals surface area contributed by atoms with E-state index < -0.39 is 5.97 Å². The van der Waals surface area contributed by atoms with Crippen molar-refractivity contribution in [3.8, 4) is 17.2 Å². The van der Waals surface area contributed by atoms with Crippen LogP contribution in [0.5, 0.6) is 17.2 Å². The van der Waals surface area contributed by atoms with Crippen LogP contribution in [-0.2, 0) is 11.3 Å². The number of rotatable bonds is 6. The molecule has 1 aliphatic rings. The SMILES string of the molecule is COC(=O)c1ccccc1Oc1ccc(N2CCN(Cc3cc(O)ccc3Br)CC2)cc1. The van der Waals surface area contributed by atoms with E-state index in [-0.39, 0.29) is 0 Å². The molecule has 1 heterocycles. The number of ether oxygens (including phenoxy) is 2. The van der Waals surface area contributed by atoms with Gasteiger partial charge in [-0.25, -0.2) is 4.79 Å². The standard InChI is InChI=1S/C25H25BrN2O4/c1-31-25(30)22-4-2-3-5-24(22)32-21-9-6-19(7-10-21)28-14-12-27(13-15-28)17-18-16-20(29)8-11-23(18)26/h2-11,16,29H,12-15,17H2,1H3. The van der Waals surface area contributed by atoms with Gasteiger partial charge in [0.2, 0.25) is 0 Å². The summed E-state index contributed by atoms with van der Waals surface area (Å²) in [5, 5.41) is 9.75. The minimum absolute atomic E-state index is 0.290. The van der Waals surface area contributed by atoms with E-state index in [0.29, 0.717) is 22.8 Å². The zero-order valence-corrected chi connectivity index (χ0v) is 19.4. The molecule has 7 heteroatoms. The van der Waals surface area contributed by atoms with E-state index in [2.05, 4.69) is 25.7 Å². The molecule has 32 heavy (non-hydrogen) atoms. The number of piperazine rings is 1. The topological polar surface area (TPSA) is 62.2 Å². The fourth-order valence-electron chi connectivity index (χ4n) is 3.77. The van der Waals surface area contributed by atoms with Crippen molar-refractivity contribution in [2.24, 2.45) is 0 Å². The maximum absolute atomic E-state index is 11.9. The van der Waals surface area contributed by atoms with Crippen molar-refractivity contribution >= 4 is 27.6 Å². The number of carbonyl (C=O) groups is 1. The van der Waals surface area contributed by atoms with Crippen LogP contribution in [0.3, 0.4) is 0 Å². The molecule has 1 N–H and O–H groups in total. The molecule has 4 rings (SSSR count). The average molecular weight is 497 g/mol. The second-order valence-corrected chi connectivity index (χ2v) is 8.48. The predicted octanol–water partition coefficient (Wildman–Crippen LogP) is 5.06. The first-order valence-electron chi connectivity index (χ1n) is 10.4. The summed E-state index contributed by atoms with van der Waals surface area (Å²) in [6.45, 7) is 4.51. The Morgan fingerprint density at radius 2 is 1.72 bits per heavy atom.